The maximum Gasteiger partial charge on any atom is 0.227 e. The first kappa shape index (κ1) is 15.5. The van der Waals surface area contributed by atoms with Crippen molar-refractivity contribution in [2.75, 3.05) is 11.9 Å². The number of carbonyl (C=O) groups excluding carboxylic acids is 1. The third-order valence-electron chi connectivity index (χ3n) is 3.89. The molecule has 0 saturated carbocycles. The van der Waals surface area contributed by atoms with E-state index in [1.807, 2.05) is 12.1 Å². The van der Waals surface area contributed by atoms with Crippen LogP contribution in [0.1, 0.15) is 45.1 Å². The summed E-state index contributed by atoms with van der Waals surface area (Å²) in [5, 5.41) is 6.50. The molecule has 20 heavy (non-hydrogen) atoms. The second-order valence-electron chi connectivity index (χ2n) is 5.95. The number of rotatable bonds is 3. The average molecular weight is 339 g/mol. The molecule has 0 spiro atoms. The fourth-order valence-corrected chi connectivity index (χ4v) is 3.11. The van der Waals surface area contributed by atoms with Gasteiger partial charge in [-0.15, -0.1) is 0 Å². The van der Waals surface area contributed by atoms with E-state index in [0.717, 1.165) is 29.5 Å². The first-order chi connectivity index (χ1) is 9.47. The van der Waals surface area contributed by atoms with Crippen LogP contribution in [0.5, 0.6) is 0 Å². The molecule has 2 rings (SSSR count). The molecule has 1 saturated heterocycles. The predicted molar refractivity (Wildman–Crippen MR) is 87.0 cm³/mol. The third kappa shape index (κ3) is 3.83. The zero-order valence-corrected chi connectivity index (χ0v) is 14.0. The van der Waals surface area contributed by atoms with Crippen LogP contribution in [0.25, 0.3) is 0 Å². The van der Waals surface area contributed by atoms with Crippen molar-refractivity contribution in [2.45, 2.75) is 45.6 Å². The molecule has 0 bridgehead atoms. The second kappa shape index (κ2) is 6.72. The lowest BCUT2D eigenvalue weighted by Gasteiger charge is -2.27. The molecule has 3 nitrogen and oxygen atoms in total. The summed E-state index contributed by atoms with van der Waals surface area (Å²) in [5.41, 5.74) is 2.12. The molecule has 0 radical (unpaired) electrons. The van der Waals surface area contributed by atoms with Gasteiger partial charge in [0.05, 0.1) is 0 Å². The van der Waals surface area contributed by atoms with Crippen LogP contribution in [0.3, 0.4) is 0 Å². The van der Waals surface area contributed by atoms with Gasteiger partial charge in [0.2, 0.25) is 5.91 Å². The highest BCUT2D eigenvalue weighted by Gasteiger charge is 2.25. The number of hydrogen-bond donors (Lipinski definition) is 2. The summed E-state index contributed by atoms with van der Waals surface area (Å²) in [6.45, 7) is 7.35. The Kier molecular flexibility index (Phi) is 5.22. The molecule has 2 N–H and O–H groups in total. The van der Waals surface area contributed by atoms with E-state index in [1.54, 1.807) is 0 Å². The maximum atomic E-state index is 12.4. The van der Waals surface area contributed by atoms with Gasteiger partial charge >= 0.3 is 0 Å². The third-order valence-corrected chi connectivity index (χ3v) is 4.38. The van der Waals surface area contributed by atoms with E-state index in [0.29, 0.717) is 12.0 Å². The predicted octanol–water partition coefficient (Wildman–Crippen LogP) is 3.90. The van der Waals surface area contributed by atoms with Gasteiger partial charge in [-0.2, -0.15) is 0 Å². The van der Waals surface area contributed by atoms with Crippen LogP contribution in [0.2, 0.25) is 0 Å². The SMILES string of the molecule is CC(C)c1cc(Br)ccc1NC(=O)[C@H]1CCN[C@@H](C)C1. The van der Waals surface area contributed by atoms with Crippen molar-refractivity contribution in [3.8, 4) is 0 Å². The molecule has 1 aromatic carbocycles. The van der Waals surface area contributed by atoms with Gasteiger partial charge in [0, 0.05) is 22.1 Å². The molecular weight excluding hydrogens is 316 g/mol. The Labute approximate surface area is 129 Å². The van der Waals surface area contributed by atoms with Gasteiger partial charge in [-0.05, 0) is 56.0 Å². The van der Waals surface area contributed by atoms with Crippen molar-refractivity contribution < 1.29 is 4.79 Å². The van der Waals surface area contributed by atoms with Gasteiger partial charge in [0.1, 0.15) is 0 Å². The molecule has 0 aromatic heterocycles. The Hall–Kier alpha value is -0.870. The lowest BCUT2D eigenvalue weighted by molar-refractivity contribution is -0.120. The van der Waals surface area contributed by atoms with Crippen molar-refractivity contribution in [3.05, 3.63) is 28.2 Å². The van der Waals surface area contributed by atoms with Gasteiger partial charge in [-0.25, -0.2) is 0 Å². The second-order valence-corrected chi connectivity index (χ2v) is 6.87. The number of hydrogen-bond acceptors (Lipinski definition) is 2. The Morgan fingerprint density at radius 1 is 1.45 bits per heavy atom. The smallest absolute Gasteiger partial charge is 0.227 e. The highest BCUT2D eigenvalue weighted by Crippen LogP contribution is 2.28. The largest absolute Gasteiger partial charge is 0.326 e. The minimum atomic E-state index is 0.120. The molecule has 1 aliphatic rings. The Morgan fingerprint density at radius 3 is 2.85 bits per heavy atom. The van der Waals surface area contributed by atoms with E-state index in [-0.39, 0.29) is 11.8 Å². The number of amides is 1. The maximum absolute atomic E-state index is 12.4. The van der Waals surface area contributed by atoms with E-state index in [4.69, 9.17) is 0 Å². The summed E-state index contributed by atoms with van der Waals surface area (Å²) in [5.74, 6) is 0.659. The van der Waals surface area contributed by atoms with Crippen molar-refractivity contribution in [3.63, 3.8) is 0 Å². The molecule has 1 aliphatic heterocycles. The molecule has 4 heteroatoms. The molecule has 0 aliphatic carbocycles. The fraction of sp³-hybridized carbons (Fsp3) is 0.562. The molecule has 110 valence electrons. The van der Waals surface area contributed by atoms with E-state index >= 15 is 0 Å². The quantitative estimate of drug-likeness (QED) is 0.877. The molecular formula is C16H23BrN2O. The molecule has 0 unspecified atom stereocenters. The zero-order chi connectivity index (χ0) is 14.7. The van der Waals surface area contributed by atoms with E-state index in [9.17, 15) is 4.79 Å². The number of benzene rings is 1. The van der Waals surface area contributed by atoms with Crippen molar-refractivity contribution >= 4 is 27.5 Å². The molecule has 1 aromatic rings. The summed E-state index contributed by atoms with van der Waals surface area (Å²) in [7, 11) is 0. The number of carbonyl (C=O) groups is 1. The lowest BCUT2D eigenvalue weighted by atomic mass is 9.92. The Bertz CT molecular complexity index is 487. The molecule has 2 atom stereocenters. The van der Waals surface area contributed by atoms with Crippen LogP contribution < -0.4 is 10.6 Å². The lowest BCUT2D eigenvalue weighted by Crippen LogP contribution is -2.40. The molecule has 1 fully saturated rings. The number of anilines is 1. The van der Waals surface area contributed by atoms with Gasteiger partial charge in [-0.1, -0.05) is 29.8 Å². The molecule has 1 heterocycles. The minimum Gasteiger partial charge on any atom is -0.326 e. The summed E-state index contributed by atoms with van der Waals surface area (Å²) in [6.07, 6.45) is 1.84. The van der Waals surface area contributed by atoms with Gasteiger partial charge < -0.3 is 10.6 Å². The summed E-state index contributed by atoms with van der Waals surface area (Å²) >= 11 is 3.49. The van der Waals surface area contributed by atoms with E-state index in [2.05, 4.69) is 53.4 Å². The van der Waals surface area contributed by atoms with Crippen LogP contribution in [0.4, 0.5) is 5.69 Å². The minimum absolute atomic E-state index is 0.120. The summed E-state index contributed by atoms with van der Waals surface area (Å²) in [4.78, 5) is 12.4. The van der Waals surface area contributed by atoms with Crippen molar-refractivity contribution in [2.24, 2.45) is 5.92 Å². The van der Waals surface area contributed by atoms with Crippen molar-refractivity contribution in [1.29, 1.82) is 0 Å². The number of piperidine rings is 1. The normalized spacial score (nSPS) is 22.9. The van der Waals surface area contributed by atoms with Crippen LogP contribution >= 0.6 is 15.9 Å². The number of nitrogens with one attached hydrogen (secondary N) is 2. The van der Waals surface area contributed by atoms with E-state index in [1.165, 1.54) is 5.56 Å². The van der Waals surface area contributed by atoms with Crippen LogP contribution in [0, 0.1) is 5.92 Å². The van der Waals surface area contributed by atoms with Crippen molar-refractivity contribution in [1.82, 2.24) is 5.32 Å². The highest BCUT2D eigenvalue weighted by molar-refractivity contribution is 9.10. The van der Waals surface area contributed by atoms with Gasteiger partial charge in [0.25, 0.3) is 0 Å². The van der Waals surface area contributed by atoms with Crippen LogP contribution in [-0.2, 0) is 4.79 Å². The topological polar surface area (TPSA) is 41.1 Å². The number of halogens is 1. The Morgan fingerprint density at radius 2 is 2.20 bits per heavy atom. The zero-order valence-electron chi connectivity index (χ0n) is 12.4. The van der Waals surface area contributed by atoms with Crippen LogP contribution in [0.15, 0.2) is 22.7 Å². The monoisotopic (exact) mass is 338 g/mol. The summed E-state index contributed by atoms with van der Waals surface area (Å²) in [6, 6.07) is 6.48. The first-order valence-electron chi connectivity index (χ1n) is 7.31. The van der Waals surface area contributed by atoms with Gasteiger partial charge in [-0.3, -0.25) is 4.79 Å². The average Bonchev–Trinajstić information content (AvgIpc) is 2.40. The molecule has 1 amide bonds. The Balaban J connectivity index is 2.11. The highest BCUT2D eigenvalue weighted by atomic mass is 79.9. The summed E-state index contributed by atoms with van der Waals surface area (Å²) < 4.78 is 1.05. The van der Waals surface area contributed by atoms with E-state index < -0.39 is 0 Å². The van der Waals surface area contributed by atoms with Gasteiger partial charge in [0.15, 0.2) is 0 Å². The fourth-order valence-electron chi connectivity index (χ4n) is 2.73. The van der Waals surface area contributed by atoms with Crippen LogP contribution in [-0.4, -0.2) is 18.5 Å². The standard InChI is InChI=1S/C16H23BrN2O/c1-10(2)14-9-13(17)4-5-15(14)19-16(20)12-6-7-18-11(3)8-12/h4-5,9-12,18H,6-8H2,1-3H3,(H,19,20)/t11-,12-/m0/s1. The first-order valence-corrected chi connectivity index (χ1v) is 8.10.